The minimum Gasteiger partial charge on any atom is -0.326 e. The molecule has 100 valence electrons. The number of likely N-dealkylation sites (tertiary alicyclic amines) is 1. The van der Waals surface area contributed by atoms with Gasteiger partial charge in [0.05, 0.1) is 10.7 Å². The zero-order valence-electron chi connectivity index (χ0n) is 10.1. The number of aryl methyl sites for hydroxylation is 1. The van der Waals surface area contributed by atoms with Crippen molar-refractivity contribution in [3.63, 3.8) is 0 Å². The minimum atomic E-state index is -0.134. The summed E-state index contributed by atoms with van der Waals surface area (Å²) < 4.78 is 0. The van der Waals surface area contributed by atoms with Crippen LogP contribution in [0.3, 0.4) is 0 Å². The van der Waals surface area contributed by atoms with Crippen molar-refractivity contribution in [3.8, 4) is 0 Å². The summed E-state index contributed by atoms with van der Waals surface area (Å²) in [7, 11) is 0. The highest BCUT2D eigenvalue weighted by Crippen LogP contribution is 2.23. The van der Waals surface area contributed by atoms with Crippen molar-refractivity contribution < 1.29 is 4.79 Å². The van der Waals surface area contributed by atoms with Crippen molar-refractivity contribution in [2.24, 2.45) is 5.73 Å². The zero-order chi connectivity index (χ0) is 12.4. The van der Waals surface area contributed by atoms with E-state index in [1.54, 1.807) is 11.0 Å². The molecule has 1 atom stereocenters. The Hall–Kier alpha value is -0.970. The third-order valence-corrected chi connectivity index (χ3v) is 3.20. The lowest BCUT2D eigenvalue weighted by molar-refractivity contribution is 0.222. The molecular weight excluding hydrogens is 273 g/mol. The molecule has 2 amide bonds. The highest BCUT2D eigenvalue weighted by Gasteiger charge is 2.23. The molecule has 1 aromatic rings. The van der Waals surface area contributed by atoms with Gasteiger partial charge in [-0.15, -0.1) is 12.4 Å². The van der Waals surface area contributed by atoms with Crippen LogP contribution in [0.4, 0.5) is 10.5 Å². The second-order valence-electron chi connectivity index (χ2n) is 4.41. The third-order valence-electron chi connectivity index (χ3n) is 2.88. The summed E-state index contributed by atoms with van der Waals surface area (Å²) in [5.74, 6) is 0. The highest BCUT2D eigenvalue weighted by atomic mass is 35.5. The van der Waals surface area contributed by atoms with Gasteiger partial charge in [-0.3, -0.25) is 0 Å². The predicted molar refractivity (Wildman–Crippen MR) is 76.6 cm³/mol. The number of hydrogen-bond donors (Lipinski definition) is 2. The smallest absolute Gasteiger partial charge is 0.321 e. The van der Waals surface area contributed by atoms with Crippen LogP contribution in [0.1, 0.15) is 12.0 Å². The Bertz CT molecular complexity index is 439. The summed E-state index contributed by atoms with van der Waals surface area (Å²) in [6.07, 6.45) is 0.856. The van der Waals surface area contributed by atoms with Gasteiger partial charge in [0, 0.05) is 19.1 Å². The van der Waals surface area contributed by atoms with Gasteiger partial charge in [0.2, 0.25) is 0 Å². The number of benzene rings is 1. The Kier molecular flexibility index (Phi) is 5.26. The molecule has 1 saturated heterocycles. The Labute approximate surface area is 118 Å². The fraction of sp³-hybridized carbons (Fsp3) is 0.417. The van der Waals surface area contributed by atoms with E-state index in [2.05, 4.69) is 5.32 Å². The second-order valence-corrected chi connectivity index (χ2v) is 4.82. The van der Waals surface area contributed by atoms with Gasteiger partial charge in [-0.2, -0.15) is 0 Å². The quantitative estimate of drug-likeness (QED) is 0.835. The SMILES string of the molecule is Cc1ccc(Cl)c(NC(=O)N2CCC(N)C2)c1.Cl. The Morgan fingerprint density at radius 1 is 1.56 bits per heavy atom. The standard InChI is InChI=1S/C12H16ClN3O.ClH/c1-8-2-3-10(13)11(6-8)15-12(17)16-5-4-9(14)7-16;/h2-3,6,9H,4-5,7,14H2,1H3,(H,15,17);1H. The molecule has 0 bridgehead atoms. The number of anilines is 1. The molecule has 1 aliphatic heterocycles. The Morgan fingerprint density at radius 3 is 2.89 bits per heavy atom. The van der Waals surface area contributed by atoms with Crippen molar-refractivity contribution in [2.45, 2.75) is 19.4 Å². The summed E-state index contributed by atoms with van der Waals surface area (Å²) >= 11 is 6.02. The number of halogens is 2. The van der Waals surface area contributed by atoms with Crippen LogP contribution < -0.4 is 11.1 Å². The van der Waals surface area contributed by atoms with Gasteiger partial charge in [-0.05, 0) is 31.0 Å². The molecule has 1 aromatic carbocycles. The number of hydrogen-bond acceptors (Lipinski definition) is 2. The predicted octanol–water partition coefficient (Wildman–Crippen LogP) is 2.64. The lowest BCUT2D eigenvalue weighted by atomic mass is 10.2. The van der Waals surface area contributed by atoms with Crippen molar-refractivity contribution in [2.75, 3.05) is 18.4 Å². The minimum absolute atomic E-state index is 0. The monoisotopic (exact) mass is 289 g/mol. The number of nitrogens with one attached hydrogen (secondary N) is 1. The number of urea groups is 1. The molecule has 18 heavy (non-hydrogen) atoms. The highest BCUT2D eigenvalue weighted by molar-refractivity contribution is 6.33. The first-order chi connectivity index (χ1) is 8.06. The van der Waals surface area contributed by atoms with Gasteiger partial charge in [0.25, 0.3) is 0 Å². The summed E-state index contributed by atoms with van der Waals surface area (Å²) in [5.41, 5.74) is 7.47. The van der Waals surface area contributed by atoms with Gasteiger partial charge in [0.1, 0.15) is 0 Å². The summed E-state index contributed by atoms with van der Waals surface area (Å²) in [5, 5.41) is 3.36. The first-order valence-electron chi connectivity index (χ1n) is 5.64. The van der Waals surface area contributed by atoms with Crippen LogP contribution in [0.5, 0.6) is 0 Å². The van der Waals surface area contributed by atoms with E-state index in [9.17, 15) is 4.79 Å². The average molecular weight is 290 g/mol. The van der Waals surface area contributed by atoms with Gasteiger partial charge in [-0.1, -0.05) is 17.7 Å². The van der Waals surface area contributed by atoms with Crippen molar-refractivity contribution in [1.29, 1.82) is 0 Å². The van der Waals surface area contributed by atoms with Crippen LogP contribution in [0, 0.1) is 6.92 Å². The molecule has 6 heteroatoms. The van der Waals surface area contributed by atoms with Crippen molar-refractivity contribution in [1.82, 2.24) is 4.90 Å². The summed E-state index contributed by atoms with van der Waals surface area (Å²) in [6.45, 7) is 3.27. The van der Waals surface area contributed by atoms with Crippen LogP contribution in [-0.4, -0.2) is 30.1 Å². The first kappa shape index (κ1) is 15.1. The number of carbonyl (C=O) groups is 1. The number of amides is 2. The molecule has 1 unspecified atom stereocenters. The lowest BCUT2D eigenvalue weighted by Crippen LogP contribution is -2.35. The van der Waals surface area contributed by atoms with Gasteiger partial charge in [0.15, 0.2) is 0 Å². The van der Waals surface area contributed by atoms with Gasteiger partial charge in [-0.25, -0.2) is 4.79 Å². The molecule has 0 saturated carbocycles. The number of rotatable bonds is 1. The maximum Gasteiger partial charge on any atom is 0.321 e. The molecule has 0 aliphatic carbocycles. The summed E-state index contributed by atoms with van der Waals surface area (Å²) in [4.78, 5) is 13.6. The van der Waals surface area contributed by atoms with Gasteiger partial charge < -0.3 is 16.0 Å². The fourth-order valence-corrected chi connectivity index (χ4v) is 2.07. The van der Waals surface area contributed by atoms with Crippen molar-refractivity contribution >= 4 is 35.7 Å². The molecule has 1 fully saturated rings. The van der Waals surface area contributed by atoms with Crippen LogP contribution >= 0.6 is 24.0 Å². The Morgan fingerprint density at radius 2 is 2.28 bits per heavy atom. The van der Waals surface area contributed by atoms with Gasteiger partial charge >= 0.3 is 6.03 Å². The molecular formula is C12H17Cl2N3O. The molecule has 1 aliphatic rings. The number of carbonyl (C=O) groups excluding carboxylic acids is 1. The van der Waals surface area contributed by atoms with E-state index in [1.165, 1.54) is 0 Å². The zero-order valence-corrected chi connectivity index (χ0v) is 11.7. The second kappa shape index (κ2) is 6.27. The maximum atomic E-state index is 11.9. The Balaban J connectivity index is 0.00000162. The molecule has 0 aromatic heterocycles. The van der Waals surface area contributed by atoms with Crippen LogP contribution in [0.2, 0.25) is 5.02 Å². The van der Waals surface area contributed by atoms with E-state index < -0.39 is 0 Å². The molecule has 2 rings (SSSR count). The molecule has 1 heterocycles. The fourth-order valence-electron chi connectivity index (χ4n) is 1.90. The molecule has 4 nitrogen and oxygen atoms in total. The number of nitrogens with zero attached hydrogens (tertiary/aromatic N) is 1. The first-order valence-corrected chi connectivity index (χ1v) is 6.01. The topological polar surface area (TPSA) is 58.4 Å². The van der Waals surface area contributed by atoms with E-state index >= 15 is 0 Å². The number of nitrogens with two attached hydrogens (primary N) is 1. The van der Waals surface area contributed by atoms with Crippen LogP contribution in [0.15, 0.2) is 18.2 Å². The van der Waals surface area contributed by atoms with E-state index in [0.29, 0.717) is 23.8 Å². The molecule has 0 spiro atoms. The van der Waals surface area contributed by atoms with Crippen molar-refractivity contribution in [3.05, 3.63) is 28.8 Å². The van der Waals surface area contributed by atoms with E-state index in [0.717, 1.165) is 12.0 Å². The largest absolute Gasteiger partial charge is 0.326 e. The van der Waals surface area contributed by atoms with Crippen LogP contribution in [-0.2, 0) is 0 Å². The third kappa shape index (κ3) is 3.51. The lowest BCUT2D eigenvalue weighted by Gasteiger charge is -2.17. The maximum absolute atomic E-state index is 11.9. The normalized spacial score (nSPS) is 18.4. The molecule has 0 radical (unpaired) electrons. The molecule has 3 N–H and O–H groups in total. The van der Waals surface area contributed by atoms with E-state index in [4.69, 9.17) is 17.3 Å². The van der Waals surface area contributed by atoms with Crippen LogP contribution in [0.25, 0.3) is 0 Å². The summed E-state index contributed by atoms with van der Waals surface area (Å²) in [6, 6.07) is 5.50. The average Bonchev–Trinajstić information content (AvgIpc) is 2.70. The van der Waals surface area contributed by atoms with E-state index in [-0.39, 0.29) is 24.5 Å². The van der Waals surface area contributed by atoms with E-state index in [1.807, 2.05) is 19.1 Å².